The number of aliphatic carboxylic acids is 1. The summed E-state index contributed by atoms with van der Waals surface area (Å²) in [6.07, 6.45) is 0.215. The highest BCUT2D eigenvalue weighted by atomic mass is 16.5. The molecule has 3 N–H and O–H groups in total. The number of alkyl carbamates (subject to hydrolysis) is 1. The first-order valence-electron chi connectivity index (χ1n) is 12.0. The first-order valence-corrected chi connectivity index (χ1v) is 12.0. The molecule has 0 radical (unpaired) electrons. The number of carboxylic acid groups (broad SMARTS) is 1. The highest BCUT2D eigenvalue weighted by Gasteiger charge is 2.42. The van der Waals surface area contributed by atoms with Crippen LogP contribution in [0, 0.1) is 0 Å². The van der Waals surface area contributed by atoms with Crippen molar-refractivity contribution in [3.8, 4) is 11.1 Å². The molecule has 0 spiro atoms. The Bertz CT molecular complexity index is 1060. The molecular formula is C27H32N2O6. The van der Waals surface area contributed by atoms with Gasteiger partial charge in [-0.15, -0.1) is 0 Å². The predicted molar refractivity (Wildman–Crippen MR) is 130 cm³/mol. The van der Waals surface area contributed by atoms with Crippen molar-refractivity contribution in [2.75, 3.05) is 19.8 Å². The lowest BCUT2D eigenvalue weighted by molar-refractivity contribution is -0.141. The van der Waals surface area contributed by atoms with Crippen LogP contribution >= 0.6 is 0 Å². The van der Waals surface area contributed by atoms with Crippen LogP contribution in [0.3, 0.4) is 0 Å². The number of benzene rings is 2. The van der Waals surface area contributed by atoms with E-state index in [1.807, 2.05) is 36.4 Å². The lowest BCUT2D eigenvalue weighted by Crippen LogP contribution is -2.63. The van der Waals surface area contributed by atoms with E-state index in [1.54, 1.807) is 13.8 Å². The van der Waals surface area contributed by atoms with E-state index in [0.717, 1.165) is 22.3 Å². The minimum atomic E-state index is -1.26. The molecule has 35 heavy (non-hydrogen) atoms. The number of carboxylic acids is 1. The highest BCUT2D eigenvalue weighted by molar-refractivity contribution is 5.90. The fourth-order valence-electron chi connectivity index (χ4n) is 4.94. The number of amides is 2. The van der Waals surface area contributed by atoms with E-state index >= 15 is 0 Å². The van der Waals surface area contributed by atoms with E-state index in [0.29, 0.717) is 32.5 Å². The Kier molecular flexibility index (Phi) is 7.12. The topological polar surface area (TPSA) is 114 Å². The molecule has 8 heteroatoms. The summed E-state index contributed by atoms with van der Waals surface area (Å²) in [4.78, 5) is 37.5. The Labute approximate surface area is 205 Å². The maximum Gasteiger partial charge on any atom is 0.408 e. The summed E-state index contributed by atoms with van der Waals surface area (Å²) in [7, 11) is 0. The second-order valence-electron chi connectivity index (χ2n) is 9.55. The van der Waals surface area contributed by atoms with Gasteiger partial charge in [-0.25, -0.2) is 4.79 Å². The molecule has 0 aromatic heterocycles. The predicted octanol–water partition coefficient (Wildman–Crippen LogP) is 3.83. The second-order valence-corrected chi connectivity index (χ2v) is 9.55. The van der Waals surface area contributed by atoms with Crippen LogP contribution in [-0.4, -0.2) is 54.0 Å². The van der Waals surface area contributed by atoms with Crippen LogP contribution in [0.2, 0.25) is 0 Å². The molecule has 2 aliphatic rings. The fourth-order valence-corrected chi connectivity index (χ4v) is 4.94. The molecule has 2 amide bonds. The summed E-state index contributed by atoms with van der Waals surface area (Å²) in [5, 5.41) is 15.0. The number of carbonyl (C=O) groups excluding carboxylic acids is 2. The molecule has 1 heterocycles. The zero-order valence-electron chi connectivity index (χ0n) is 20.1. The Morgan fingerprint density at radius 1 is 1.06 bits per heavy atom. The van der Waals surface area contributed by atoms with Gasteiger partial charge in [-0.2, -0.15) is 0 Å². The Morgan fingerprint density at radius 3 is 2.17 bits per heavy atom. The average Bonchev–Trinajstić information content (AvgIpc) is 3.16. The maximum atomic E-state index is 13.3. The van der Waals surface area contributed by atoms with Crippen LogP contribution in [0.25, 0.3) is 11.1 Å². The molecular weight excluding hydrogens is 448 g/mol. The zero-order valence-corrected chi connectivity index (χ0v) is 20.1. The van der Waals surface area contributed by atoms with E-state index in [4.69, 9.17) is 9.47 Å². The quantitative estimate of drug-likeness (QED) is 0.529. The number of nitrogens with one attached hydrogen (secondary N) is 2. The molecule has 2 aromatic carbocycles. The third kappa shape index (κ3) is 5.17. The summed E-state index contributed by atoms with van der Waals surface area (Å²) in [5.74, 6) is -1.51. The fraction of sp³-hybridized carbons (Fsp3) is 0.444. The average molecular weight is 481 g/mol. The van der Waals surface area contributed by atoms with Crippen molar-refractivity contribution >= 4 is 18.0 Å². The number of carbonyl (C=O) groups is 3. The van der Waals surface area contributed by atoms with Gasteiger partial charge in [0.2, 0.25) is 5.91 Å². The van der Waals surface area contributed by atoms with Gasteiger partial charge in [0.15, 0.2) is 0 Å². The van der Waals surface area contributed by atoms with Crippen molar-refractivity contribution in [2.24, 2.45) is 0 Å². The van der Waals surface area contributed by atoms with Crippen molar-refractivity contribution < 1.29 is 29.0 Å². The van der Waals surface area contributed by atoms with Crippen molar-refractivity contribution in [1.29, 1.82) is 0 Å². The van der Waals surface area contributed by atoms with Gasteiger partial charge in [0.05, 0.1) is 12.0 Å². The van der Waals surface area contributed by atoms with Gasteiger partial charge < -0.3 is 25.2 Å². The Hall–Kier alpha value is -3.39. The van der Waals surface area contributed by atoms with E-state index in [1.165, 1.54) is 0 Å². The standard InChI is InChI=1S/C27H32N2O6/c1-3-26(2,24(32)28-27(16-23(30)31)12-14-34-15-13-27)29-25(33)35-17-22-20-10-6-4-8-18(20)19-9-5-7-11-21(19)22/h4-11,22H,3,12-17H2,1-2H3,(H,28,32)(H,29,33)(H,30,31). The molecule has 1 saturated heterocycles. The molecule has 0 saturated carbocycles. The highest BCUT2D eigenvalue weighted by Crippen LogP contribution is 2.44. The molecule has 1 aliphatic heterocycles. The van der Waals surface area contributed by atoms with Gasteiger partial charge >= 0.3 is 12.1 Å². The molecule has 0 bridgehead atoms. The maximum absolute atomic E-state index is 13.3. The van der Waals surface area contributed by atoms with Gasteiger partial charge in [-0.05, 0) is 48.4 Å². The minimum Gasteiger partial charge on any atom is -0.481 e. The Balaban J connectivity index is 1.43. The number of hydrogen-bond donors (Lipinski definition) is 3. The van der Waals surface area contributed by atoms with Crippen LogP contribution in [-0.2, 0) is 19.1 Å². The van der Waals surface area contributed by atoms with Gasteiger partial charge in [-0.3, -0.25) is 9.59 Å². The molecule has 8 nitrogen and oxygen atoms in total. The summed E-state index contributed by atoms with van der Waals surface area (Å²) >= 11 is 0. The van der Waals surface area contributed by atoms with Crippen LogP contribution < -0.4 is 10.6 Å². The zero-order chi connectivity index (χ0) is 25.1. The minimum absolute atomic E-state index is 0.0871. The smallest absolute Gasteiger partial charge is 0.408 e. The van der Waals surface area contributed by atoms with Crippen molar-refractivity contribution in [1.82, 2.24) is 10.6 Å². The Morgan fingerprint density at radius 2 is 1.63 bits per heavy atom. The van der Waals surface area contributed by atoms with Gasteiger partial charge in [0, 0.05) is 19.1 Å². The van der Waals surface area contributed by atoms with Gasteiger partial charge in [0.25, 0.3) is 0 Å². The van der Waals surface area contributed by atoms with Crippen molar-refractivity contribution in [2.45, 2.75) is 56.5 Å². The van der Waals surface area contributed by atoms with E-state index in [-0.39, 0.29) is 18.9 Å². The molecule has 1 unspecified atom stereocenters. The monoisotopic (exact) mass is 480 g/mol. The van der Waals surface area contributed by atoms with Crippen LogP contribution in [0.15, 0.2) is 48.5 Å². The SMILES string of the molecule is CCC(C)(NC(=O)OCC1c2ccccc2-c2ccccc21)C(=O)NC1(CC(=O)O)CCOCC1. The van der Waals surface area contributed by atoms with E-state index in [2.05, 4.69) is 22.8 Å². The third-order valence-corrected chi connectivity index (χ3v) is 7.25. The first kappa shape index (κ1) is 24.7. The number of hydrogen-bond acceptors (Lipinski definition) is 5. The van der Waals surface area contributed by atoms with Gasteiger partial charge in [-0.1, -0.05) is 55.5 Å². The summed E-state index contributed by atoms with van der Waals surface area (Å²) in [6, 6.07) is 16.1. The van der Waals surface area contributed by atoms with E-state index < -0.39 is 29.0 Å². The summed E-state index contributed by atoms with van der Waals surface area (Å²) in [6.45, 7) is 4.29. The molecule has 2 aromatic rings. The number of fused-ring (bicyclic) bond motifs is 3. The molecule has 1 aliphatic carbocycles. The number of rotatable bonds is 8. The van der Waals surface area contributed by atoms with Crippen LogP contribution in [0.1, 0.15) is 56.6 Å². The lowest BCUT2D eigenvalue weighted by Gasteiger charge is -2.40. The number of ether oxygens (including phenoxy) is 2. The molecule has 4 rings (SSSR count). The van der Waals surface area contributed by atoms with Crippen LogP contribution in [0.5, 0.6) is 0 Å². The van der Waals surface area contributed by atoms with Crippen molar-refractivity contribution in [3.63, 3.8) is 0 Å². The third-order valence-electron chi connectivity index (χ3n) is 7.25. The van der Waals surface area contributed by atoms with Crippen molar-refractivity contribution in [3.05, 3.63) is 59.7 Å². The summed E-state index contributed by atoms with van der Waals surface area (Å²) in [5.41, 5.74) is 2.32. The second kappa shape index (κ2) is 10.1. The lowest BCUT2D eigenvalue weighted by atomic mass is 9.85. The largest absolute Gasteiger partial charge is 0.481 e. The molecule has 1 atom stereocenters. The van der Waals surface area contributed by atoms with Crippen LogP contribution in [0.4, 0.5) is 4.79 Å². The summed E-state index contributed by atoms with van der Waals surface area (Å²) < 4.78 is 11.0. The molecule has 1 fully saturated rings. The van der Waals surface area contributed by atoms with Gasteiger partial charge in [0.1, 0.15) is 12.1 Å². The first-order chi connectivity index (χ1) is 16.8. The normalized spacial score (nSPS) is 18.0. The molecule has 186 valence electrons. The van der Waals surface area contributed by atoms with E-state index in [9.17, 15) is 19.5 Å².